The number of benzene rings is 1. The summed E-state index contributed by atoms with van der Waals surface area (Å²) in [6.07, 6.45) is 0. The van der Waals surface area contributed by atoms with Crippen LogP contribution in [-0.2, 0) is 0 Å². The van der Waals surface area contributed by atoms with Crippen LogP contribution in [0.3, 0.4) is 0 Å². The van der Waals surface area contributed by atoms with Crippen LogP contribution in [0.15, 0.2) is 12.1 Å². The smallest absolute Gasteiger partial charge is 0.127 e. The van der Waals surface area contributed by atoms with Gasteiger partial charge in [-0.15, -0.1) is 0 Å². The SMILES string of the molecule is CCOc1c(C)cc2c(C)cc(C)nc2c1C. The summed E-state index contributed by atoms with van der Waals surface area (Å²) >= 11 is 0. The second kappa shape index (κ2) is 4.36. The minimum absolute atomic E-state index is 0.692. The topological polar surface area (TPSA) is 22.1 Å². The first kappa shape index (κ1) is 11.9. The lowest BCUT2D eigenvalue weighted by atomic mass is 10.0. The summed E-state index contributed by atoms with van der Waals surface area (Å²) < 4.78 is 5.72. The molecule has 0 fully saturated rings. The number of hydrogen-bond donors (Lipinski definition) is 0. The van der Waals surface area contributed by atoms with E-state index in [4.69, 9.17) is 4.74 Å². The van der Waals surface area contributed by atoms with E-state index in [9.17, 15) is 0 Å². The van der Waals surface area contributed by atoms with Crippen molar-refractivity contribution in [2.45, 2.75) is 34.6 Å². The van der Waals surface area contributed by atoms with E-state index in [1.165, 1.54) is 16.5 Å². The van der Waals surface area contributed by atoms with E-state index < -0.39 is 0 Å². The quantitative estimate of drug-likeness (QED) is 0.780. The Morgan fingerprint density at radius 2 is 1.76 bits per heavy atom. The molecule has 1 aromatic carbocycles. The Bertz CT molecular complexity index is 573. The van der Waals surface area contributed by atoms with Crippen molar-refractivity contribution < 1.29 is 4.74 Å². The molecule has 0 spiro atoms. The molecule has 0 saturated heterocycles. The predicted molar refractivity (Wildman–Crippen MR) is 71.9 cm³/mol. The molecule has 90 valence electrons. The standard InChI is InChI=1S/C15H19NO/c1-6-17-15-10(3)8-13-9(2)7-11(4)16-14(13)12(15)5/h7-8H,6H2,1-5H3. The fourth-order valence-corrected chi connectivity index (χ4v) is 2.37. The van der Waals surface area contributed by atoms with Crippen LogP contribution < -0.4 is 4.74 Å². The number of ether oxygens (including phenoxy) is 1. The molecule has 2 heteroatoms. The van der Waals surface area contributed by atoms with Gasteiger partial charge in [0, 0.05) is 16.6 Å². The number of rotatable bonds is 2. The molecule has 0 amide bonds. The van der Waals surface area contributed by atoms with Crippen molar-refractivity contribution in [1.82, 2.24) is 4.98 Å². The maximum Gasteiger partial charge on any atom is 0.127 e. The van der Waals surface area contributed by atoms with E-state index in [0.29, 0.717) is 6.61 Å². The minimum atomic E-state index is 0.692. The van der Waals surface area contributed by atoms with Crippen LogP contribution in [0.5, 0.6) is 5.75 Å². The van der Waals surface area contributed by atoms with E-state index in [0.717, 1.165) is 22.5 Å². The average Bonchev–Trinajstić information content (AvgIpc) is 2.26. The lowest BCUT2D eigenvalue weighted by molar-refractivity contribution is 0.336. The molecule has 0 unspecified atom stereocenters. The van der Waals surface area contributed by atoms with Crippen LogP contribution in [0.1, 0.15) is 29.3 Å². The Morgan fingerprint density at radius 3 is 2.41 bits per heavy atom. The van der Waals surface area contributed by atoms with E-state index in [1.54, 1.807) is 0 Å². The van der Waals surface area contributed by atoms with E-state index in [2.05, 4.69) is 37.9 Å². The van der Waals surface area contributed by atoms with Crippen molar-refractivity contribution in [2.24, 2.45) is 0 Å². The molecule has 0 N–H and O–H groups in total. The van der Waals surface area contributed by atoms with Crippen LogP contribution in [0.25, 0.3) is 10.9 Å². The van der Waals surface area contributed by atoms with Gasteiger partial charge in [-0.25, -0.2) is 0 Å². The third-order valence-electron chi connectivity index (χ3n) is 3.10. The van der Waals surface area contributed by atoms with Gasteiger partial charge in [-0.05, 0) is 57.9 Å². The van der Waals surface area contributed by atoms with Gasteiger partial charge in [0.25, 0.3) is 0 Å². The highest BCUT2D eigenvalue weighted by Gasteiger charge is 2.11. The second-order valence-corrected chi connectivity index (χ2v) is 4.56. The van der Waals surface area contributed by atoms with Gasteiger partial charge in [-0.3, -0.25) is 4.98 Å². The molecular weight excluding hydrogens is 210 g/mol. The fourth-order valence-electron chi connectivity index (χ4n) is 2.37. The Balaban J connectivity index is 2.82. The van der Waals surface area contributed by atoms with Crippen LogP contribution >= 0.6 is 0 Å². The van der Waals surface area contributed by atoms with Gasteiger partial charge in [-0.2, -0.15) is 0 Å². The number of aryl methyl sites for hydroxylation is 4. The second-order valence-electron chi connectivity index (χ2n) is 4.56. The molecule has 2 nitrogen and oxygen atoms in total. The molecule has 0 aliphatic rings. The lowest BCUT2D eigenvalue weighted by Crippen LogP contribution is -1.99. The Morgan fingerprint density at radius 1 is 1.06 bits per heavy atom. The highest BCUT2D eigenvalue weighted by molar-refractivity contribution is 5.88. The van der Waals surface area contributed by atoms with E-state index >= 15 is 0 Å². The van der Waals surface area contributed by atoms with Crippen molar-refractivity contribution >= 4 is 10.9 Å². The van der Waals surface area contributed by atoms with Gasteiger partial charge in [0.1, 0.15) is 5.75 Å². The van der Waals surface area contributed by atoms with Gasteiger partial charge in [-0.1, -0.05) is 0 Å². The Hall–Kier alpha value is -1.57. The van der Waals surface area contributed by atoms with Gasteiger partial charge in [0.2, 0.25) is 0 Å². The predicted octanol–water partition coefficient (Wildman–Crippen LogP) is 3.87. The molecule has 2 aromatic rings. The molecule has 0 bridgehead atoms. The van der Waals surface area contributed by atoms with Crippen LogP contribution in [0.2, 0.25) is 0 Å². The maximum atomic E-state index is 5.72. The summed E-state index contributed by atoms with van der Waals surface area (Å²) in [5.74, 6) is 0.984. The van der Waals surface area contributed by atoms with Gasteiger partial charge in [0.05, 0.1) is 12.1 Å². The maximum absolute atomic E-state index is 5.72. The Kier molecular flexibility index (Phi) is 3.05. The number of nitrogens with zero attached hydrogens (tertiary/aromatic N) is 1. The molecular formula is C15H19NO. The van der Waals surface area contributed by atoms with Crippen molar-refractivity contribution in [2.75, 3.05) is 6.61 Å². The number of pyridine rings is 1. The minimum Gasteiger partial charge on any atom is -0.493 e. The third kappa shape index (κ3) is 1.99. The van der Waals surface area contributed by atoms with Crippen molar-refractivity contribution in [3.63, 3.8) is 0 Å². The number of hydrogen-bond acceptors (Lipinski definition) is 2. The zero-order valence-corrected chi connectivity index (χ0v) is 11.2. The third-order valence-corrected chi connectivity index (χ3v) is 3.10. The molecule has 17 heavy (non-hydrogen) atoms. The number of fused-ring (bicyclic) bond motifs is 1. The highest BCUT2D eigenvalue weighted by Crippen LogP contribution is 2.31. The van der Waals surface area contributed by atoms with E-state index in [1.807, 2.05) is 13.8 Å². The first-order valence-electron chi connectivity index (χ1n) is 6.05. The van der Waals surface area contributed by atoms with Crippen LogP contribution in [0.4, 0.5) is 0 Å². The molecule has 0 radical (unpaired) electrons. The molecule has 0 atom stereocenters. The van der Waals surface area contributed by atoms with Crippen molar-refractivity contribution in [1.29, 1.82) is 0 Å². The summed E-state index contributed by atoms with van der Waals surface area (Å²) in [4.78, 5) is 4.64. The first-order chi connectivity index (χ1) is 8.04. The van der Waals surface area contributed by atoms with E-state index in [-0.39, 0.29) is 0 Å². The summed E-state index contributed by atoms with van der Waals surface area (Å²) in [6, 6.07) is 4.30. The molecule has 0 aliphatic carbocycles. The Labute approximate surface area is 103 Å². The van der Waals surface area contributed by atoms with Crippen molar-refractivity contribution in [3.8, 4) is 5.75 Å². The van der Waals surface area contributed by atoms with Gasteiger partial charge < -0.3 is 4.74 Å². The number of aromatic nitrogens is 1. The summed E-state index contributed by atoms with van der Waals surface area (Å²) in [5.41, 5.74) is 5.74. The zero-order chi connectivity index (χ0) is 12.6. The van der Waals surface area contributed by atoms with Crippen LogP contribution in [0, 0.1) is 27.7 Å². The molecule has 1 aromatic heterocycles. The highest BCUT2D eigenvalue weighted by atomic mass is 16.5. The van der Waals surface area contributed by atoms with Crippen molar-refractivity contribution in [3.05, 3.63) is 34.5 Å². The summed E-state index contributed by atoms with van der Waals surface area (Å²) in [7, 11) is 0. The van der Waals surface area contributed by atoms with Gasteiger partial charge >= 0.3 is 0 Å². The lowest BCUT2D eigenvalue weighted by Gasteiger charge is -2.14. The fraction of sp³-hybridized carbons (Fsp3) is 0.400. The molecule has 1 heterocycles. The first-order valence-corrected chi connectivity index (χ1v) is 6.05. The largest absolute Gasteiger partial charge is 0.493 e. The monoisotopic (exact) mass is 229 g/mol. The average molecular weight is 229 g/mol. The zero-order valence-electron chi connectivity index (χ0n) is 11.2. The van der Waals surface area contributed by atoms with Gasteiger partial charge in [0.15, 0.2) is 0 Å². The van der Waals surface area contributed by atoms with Crippen LogP contribution in [-0.4, -0.2) is 11.6 Å². The molecule has 0 aliphatic heterocycles. The normalized spacial score (nSPS) is 10.9. The molecule has 0 saturated carbocycles. The molecule has 2 rings (SSSR count). The summed E-state index contributed by atoms with van der Waals surface area (Å²) in [5, 5.41) is 1.23. The summed E-state index contributed by atoms with van der Waals surface area (Å²) in [6.45, 7) is 11.1.